The van der Waals surface area contributed by atoms with Crippen molar-refractivity contribution in [3.8, 4) is 5.75 Å². The predicted octanol–water partition coefficient (Wildman–Crippen LogP) is 4.64. The molecule has 182 valence electrons. The van der Waals surface area contributed by atoms with Crippen LogP contribution in [0.2, 0.25) is 0 Å². The van der Waals surface area contributed by atoms with Crippen LogP contribution in [-0.2, 0) is 19.1 Å². The summed E-state index contributed by atoms with van der Waals surface area (Å²) < 4.78 is 15.5. The molecule has 1 aliphatic rings. The molecule has 0 saturated heterocycles. The van der Waals surface area contributed by atoms with E-state index in [1.54, 1.807) is 68.5 Å². The number of thioether (sulfide) groups is 1. The number of nitrogens with zero attached hydrogens (tertiary/aromatic N) is 1. The largest absolute Gasteiger partial charge is 0.506 e. The fraction of sp³-hybridized carbons (Fsp3) is 0.231. The Bertz CT molecular complexity index is 1210. The molecule has 2 aromatic carbocycles. The van der Waals surface area contributed by atoms with Crippen molar-refractivity contribution < 1.29 is 33.7 Å². The van der Waals surface area contributed by atoms with Crippen LogP contribution in [0.25, 0.3) is 6.08 Å². The molecule has 0 saturated carbocycles. The SMILES string of the molecule is CCOC(=O)COc1ccccc1/C=C1\SC(=NC(=O)c2ccc(C)cc2)C(C(=O)OCC)=C1O. The summed E-state index contributed by atoms with van der Waals surface area (Å²) in [6, 6.07) is 13.7. The van der Waals surface area contributed by atoms with Gasteiger partial charge >= 0.3 is 11.9 Å². The van der Waals surface area contributed by atoms with Gasteiger partial charge in [0.25, 0.3) is 5.91 Å². The van der Waals surface area contributed by atoms with E-state index in [0.717, 1.165) is 17.3 Å². The van der Waals surface area contributed by atoms with Gasteiger partial charge in [-0.05, 0) is 45.0 Å². The van der Waals surface area contributed by atoms with E-state index in [-0.39, 0.29) is 41.1 Å². The van der Waals surface area contributed by atoms with Gasteiger partial charge in [0.2, 0.25) is 0 Å². The maximum Gasteiger partial charge on any atom is 0.344 e. The van der Waals surface area contributed by atoms with Crippen molar-refractivity contribution in [1.29, 1.82) is 0 Å². The number of esters is 2. The van der Waals surface area contributed by atoms with Gasteiger partial charge in [-0.1, -0.05) is 47.7 Å². The minimum Gasteiger partial charge on any atom is -0.506 e. The van der Waals surface area contributed by atoms with Crippen LogP contribution in [0.3, 0.4) is 0 Å². The molecule has 0 aliphatic carbocycles. The van der Waals surface area contributed by atoms with Crippen LogP contribution in [0.5, 0.6) is 5.75 Å². The second-order valence-corrected chi connectivity index (χ2v) is 8.31. The highest BCUT2D eigenvalue weighted by Crippen LogP contribution is 2.40. The van der Waals surface area contributed by atoms with Crippen LogP contribution in [0.15, 0.2) is 69.8 Å². The third-order valence-corrected chi connectivity index (χ3v) is 5.75. The molecule has 1 amide bonds. The molecule has 9 heteroatoms. The summed E-state index contributed by atoms with van der Waals surface area (Å²) in [4.78, 5) is 41.3. The molecule has 2 aromatic rings. The second-order valence-electron chi connectivity index (χ2n) is 7.27. The van der Waals surface area contributed by atoms with E-state index >= 15 is 0 Å². The van der Waals surface area contributed by atoms with E-state index in [0.29, 0.717) is 16.9 Å². The van der Waals surface area contributed by atoms with Crippen LogP contribution >= 0.6 is 11.8 Å². The Morgan fingerprint density at radius 2 is 1.69 bits per heavy atom. The Kier molecular flexibility index (Phi) is 8.86. The number of rotatable bonds is 8. The number of hydrogen-bond acceptors (Lipinski definition) is 8. The van der Waals surface area contributed by atoms with Gasteiger partial charge in [-0.2, -0.15) is 0 Å². The zero-order valence-electron chi connectivity index (χ0n) is 19.6. The minimum atomic E-state index is -0.789. The van der Waals surface area contributed by atoms with E-state index in [2.05, 4.69) is 4.99 Å². The van der Waals surface area contributed by atoms with E-state index in [1.807, 2.05) is 6.92 Å². The third kappa shape index (κ3) is 6.60. The Balaban J connectivity index is 1.95. The van der Waals surface area contributed by atoms with Gasteiger partial charge in [0, 0.05) is 11.1 Å². The van der Waals surface area contributed by atoms with Crippen molar-refractivity contribution in [3.63, 3.8) is 0 Å². The molecule has 1 N–H and O–H groups in total. The van der Waals surface area contributed by atoms with E-state index in [1.165, 1.54) is 0 Å². The smallest absolute Gasteiger partial charge is 0.344 e. The molecule has 1 heterocycles. The summed E-state index contributed by atoms with van der Waals surface area (Å²) >= 11 is 0.961. The van der Waals surface area contributed by atoms with E-state index in [4.69, 9.17) is 14.2 Å². The van der Waals surface area contributed by atoms with Crippen LogP contribution < -0.4 is 4.74 Å². The Labute approximate surface area is 207 Å². The molecule has 0 radical (unpaired) electrons. The summed E-state index contributed by atoms with van der Waals surface area (Å²) in [7, 11) is 0. The highest BCUT2D eigenvalue weighted by atomic mass is 32.2. The summed E-state index contributed by atoms with van der Waals surface area (Å²) in [5, 5.41) is 10.9. The Morgan fingerprint density at radius 3 is 2.37 bits per heavy atom. The normalized spacial score (nSPS) is 15.4. The van der Waals surface area contributed by atoms with Crippen molar-refractivity contribution in [1.82, 2.24) is 0 Å². The molecule has 0 bridgehead atoms. The maximum absolute atomic E-state index is 12.7. The number of carbonyl (C=O) groups excluding carboxylic acids is 3. The van der Waals surface area contributed by atoms with Gasteiger partial charge in [-0.3, -0.25) is 4.79 Å². The number of ether oxygens (including phenoxy) is 3. The molecule has 3 rings (SSSR count). The van der Waals surface area contributed by atoms with Crippen LogP contribution in [0.1, 0.15) is 35.3 Å². The molecule has 0 unspecified atom stereocenters. The molecular weight excluding hydrogens is 470 g/mol. The summed E-state index contributed by atoms with van der Waals surface area (Å²) in [6.07, 6.45) is 1.58. The first-order chi connectivity index (χ1) is 16.8. The van der Waals surface area contributed by atoms with E-state index < -0.39 is 17.8 Å². The topological polar surface area (TPSA) is 111 Å². The van der Waals surface area contributed by atoms with Gasteiger partial charge in [0.05, 0.1) is 18.1 Å². The lowest BCUT2D eigenvalue weighted by Gasteiger charge is -2.09. The number of aliphatic hydroxyl groups excluding tert-OH is 1. The fourth-order valence-corrected chi connectivity index (χ4v) is 4.06. The predicted molar refractivity (Wildman–Crippen MR) is 133 cm³/mol. The molecule has 35 heavy (non-hydrogen) atoms. The molecule has 0 fully saturated rings. The van der Waals surface area contributed by atoms with Gasteiger partial charge in [-0.25, -0.2) is 14.6 Å². The number of benzene rings is 2. The van der Waals surface area contributed by atoms with Crippen LogP contribution in [0.4, 0.5) is 0 Å². The van der Waals surface area contributed by atoms with Crippen LogP contribution in [-0.4, -0.2) is 47.8 Å². The molecule has 0 spiro atoms. The van der Waals surface area contributed by atoms with Gasteiger partial charge < -0.3 is 19.3 Å². The number of aryl methyl sites for hydroxylation is 1. The summed E-state index contributed by atoms with van der Waals surface area (Å²) in [5.41, 5.74) is 1.69. The highest BCUT2D eigenvalue weighted by molar-refractivity contribution is 8.18. The van der Waals surface area contributed by atoms with Crippen molar-refractivity contribution in [2.24, 2.45) is 4.99 Å². The van der Waals surface area contributed by atoms with E-state index in [9.17, 15) is 19.5 Å². The van der Waals surface area contributed by atoms with Gasteiger partial charge in [-0.15, -0.1) is 0 Å². The third-order valence-electron chi connectivity index (χ3n) is 4.73. The van der Waals surface area contributed by atoms with Gasteiger partial charge in [0.15, 0.2) is 6.61 Å². The minimum absolute atomic E-state index is 0.0303. The standard InChI is InChI=1S/C26H25NO7S/c1-4-32-21(28)15-34-19-9-7-6-8-18(19)14-20-23(29)22(26(31)33-5-2)25(35-20)27-24(30)17-12-10-16(3)11-13-17/h6-14,29H,4-5,15H2,1-3H3/b20-14-,27-25?. The monoisotopic (exact) mass is 495 g/mol. The molecule has 0 aromatic heterocycles. The number of carbonyl (C=O) groups is 3. The first kappa shape index (κ1) is 25.8. The maximum atomic E-state index is 12.7. The summed E-state index contributed by atoms with van der Waals surface area (Å²) in [6.45, 7) is 5.28. The quantitative estimate of drug-likeness (QED) is 0.527. The first-order valence-electron chi connectivity index (χ1n) is 10.9. The molecular formula is C26H25NO7S. The molecule has 0 atom stereocenters. The number of amides is 1. The fourth-order valence-electron chi connectivity index (χ4n) is 3.06. The zero-order valence-corrected chi connectivity index (χ0v) is 20.4. The number of aliphatic imine (C=N–C) groups is 1. The Morgan fingerprint density at radius 1 is 1.00 bits per heavy atom. The zero-order chi connectivity index (χ0) is 25.4. The van der Waals surface area contributed by atoms with Crippen molar-refractivity contribution in [2.45, 2.75) is 20.8 Å². The lowest BCUT2D eigenvalue weighted by molar-refractivity contribution is -0.145. The highest BCUT2D eigenvalue weighted by Gasteiger charge is 2.34. The van der Waals surface area contributed by atoms with Crippen molar-refractivity contribution >= 4 is 40.7 Å². The Hall–Kier alpha value is -3.85. The summed E-state index contributed by atoms with van der Waals surface area (Å²) in [5.74, 6) is -1.84. The van der Waals surface area contributed by atoms with Gasteiger partial charge in [0.1, 0.15) is 22.1 Å². The average Bonchev–Trinajstić information content (AvgIpc) is 3.13. The number of para-hydroxylation sites is 1. The van der Waals surface area contributed by atoms with Crippen molar-refractivity contribution in [2.75, 3.05) is 19.8 Å². The first-order valence-corrected chi connectivity index (χ1v) is 11.7. The number of hydrogen-bond donors (Lipinski definition) is 1. The number of aliphatic hydroxyl groups is 1. The van der Waals surface area contributed by atoms with Crippen molar-refractivity contribution in [3.05, 3.63) is 81.5 Å². The van der Waals surface area contributed by atoms with Crippen LogP contribution in [0, 0.1) is 6.92 Å². The lowest BCUT2D eigenvalue weighted by atomic mass is 10.1. The molecule has 1 aliphatic heterocycles. The average molecular weight is 496 g/mol. The lowest BCUT2D eigenvalue weighted by Crippen LogP contribution is -2.14. The molecule has 8 nitrogen and oxygen atoms in total. The second kappa shape index (κ2) is 12.0.